The lowest BCUT2D eigenvalue weighted by Crippen LogP contribution is -2.23. The maximum atomic E-state index is 12.6. The van der Waals surface area contributed by atoms with E-state index in [-0.39, 0.29) is 5.91 Å². The van der Waals surface area contributed by atoms with E-state index in [0.717, 1.165) is 11.3 Å². The number of nitrogens with zero attached hydrogens (tertiary/aromatic N) is 3. The second-order valence-corrected chi connectivity index (χ2v) is 7.40. The van der Waals surface area contributed by atoms with Gasteiger partial charge in [0.2, 0.25) is 0 Å². The summed E-state index contributed by atoms with van der Waals surface area (Å²) in [5, 5.41) is 0.590. The number of amides is 1. The third-order valence-corrected chi connectivity index (χ3v) is 5.28. The van der Waals surface area contributed by atoms with Crippen LogP contribution in [0.25, 0.3) is 6.08 Å². The van der Waals surface area contributed by atoms with Gasteiger partial charge < -0.3 is 9.64 Å². The van der Waals surface area contributed by atoms with Crippen molar-refractivity contribution in [2.75, 3.05) is 33.2 Å². The number of esters is 1. The van der Waals surface area contributed by atoms with Gasteiger partial charge in [-0.1, -0.05) is 12.1 Å². The summed E-state index contributed by atoms with van der Waals surface area (Å²) in [6, 6.07) is 14.7. The van der Waals surface area contributed by atoms with Crippen molar-refractivity contribution in [3.05, 3.63) is 64.6 Å². The van der Waals surface area contributed by atoms with Crippen LogP contribution in [-0.2, 0) is 9.53 Å². The lowest BCUT2D eigenvalue weighted by molar-refractivity contribution is -0.121. The Morgan fingerprint density at radius 2 is 1.75 bits per heavy atom. The molecule has 6 nitrogen and oxygen atoms in total. The molecular formula is C21H21N3O3S. The molecule has 0 saturated carbocycles. The number of ether oxygens (including phenoxy) is 1. The number of rotatable bonds is 4. The third kappa shape index (κ3) is 4.26. The Morgan fingerprint density at radius 1 is 1.11 bits per heavy atom. The van der Waals surface area contributed by atoms with E-state index in [1.54, 1.807) is 31.3 Å². The Morgan fingerprint density at radius 3 is 2.32 bits per heavy atom. The second kappa shape index (κ2) is 8.31. The SMILES string of the molecule is COC(=O)c1ccc(N=C2S/C(=C/c3ccc(N(C)C)cc3)C(=O)N2C)cc1. The number of benzene rings is 2. The first kappa shape index (κ1) is 19.7. The van der Waals surface area contributed by atoms with Crippen LogP contribution in [0.15, 0.2) is 58.4 Å². The second-order valence-electron chi connectivity index (χ2n) is 6.39. The zero-order chi connectivity index (χ0) is 20.3. The molecule has 0 spiro atoms. The fourth-order valence-electron chi connectivity index (χ4n) is 2.57. The minimum absolute atomic E-state index is 0.0911. The van der Waals surface area contributed by atoms with E-state index in [2.05, 4.69) is 9.73 Å². The van der Waals surface area contributed by atoms with Gasteiger partial charge in [-0.15, -0.1) is 0 Å². The zero-order valence-corrected chi connectivity index (χ0v) is 17.0. The zero-order valence-electron chi connectivity index (χ0n) is 16.2. The van der Waals surface area contributed by atoms with Crippen LogP contribution in [0, 0.1) is 0 Å². The molecule has 0 radical (unpaired) electrons. The van der Waals surface area contributed by atoms with Gasteiger partial charge in [0.25, 0.3) is 5.91 Å². The Labute approximate surface area is 168 Å². The molecule has 0 aliphatic carbocycles. The van der Waals surface area contributed by atoms with Crippen LogP contribution >= 0.6 is 11.8 Å². The number of thioether (sulfide) groups is 1. The lowest BCUT2D eigenvalue weighted by atomic mass is 10.2. The molecule has 2 aromatic rings. The van der Waals surface area contributed by atoms with Crippen molar-refractivity contribution in [1.29, 1.82) is 0 Å². The molecule has 28 heavy (non-hydrogen) atoms. The lowest BCUT2D eigenvalue weighted by Gasteiger charge is -2.11. The summed E-state index contributed by atoms with van der Waals surface area (Å²) in [7, 11) is 7.01. The Kier molecular flexibility index (Phi) is 5.84. The Bertz CT molecular complexity index is 948. The first-order valence-corrected chi connectivity index (χ1v) is 9.43. The molecule has 0 aromatic heterocycles. The minimum atomic E-state index is -0.396. The average Bonchev–Trinajstić information content (AvgIpc) is 2.96. The number of hydrogen-bond acceptors (Lipinski definition) is 6. The van der Waals surface area contributed by atoms with Crippen molar-refractivity contribution in [2.24, 2.45) is 4.99 Å². The number of methoxy groups -OCH3 is 1. The van der Waals surface area contributed by atoms with Gasteiger partial charge in [-0.2, -0.15) is 0 Å². The summed E-state index contributed by atoms with van der Waals surface area (Å²) in [5.74, 6) is -0.487. The number of carbonyl (C=O) groups excluding carboxylic acids is 2. The predicted octanol–water partition coefficient (Wildman–Crippen LogP) is 3.77. The standard InChI is InChI=1S/C21H21N3O3S/c1-23(2)17-11-5-14(6-12-17)13-18-19(25)24(3)21(28-18)22-16-9-7-15(8-10-16)20(26)27-4/h5-13H,1-4H3/b18-13+,22-21?. The van der Waals surface area contributed by atoms with Crippen LogP contribution in [0.5, 0.6) is 0 Å². The van der Waals surface area contributed by atoms with Gasteiger partial charge in [0, 0.05) is 26.8 Å². The van der Waals surface area contributed by atoms with Gasteiger partial charge in [-0.25, -0.2) is 9.79 Å². The largest absolute Gasteiger partial charge is 0.465 e. The number of hydrogen-bond donors (Lipinski definition) is 0. The van der Waals surface area contributed by atoms with Crippen molar-refractivity contribution in [2.45, 2.75) is 0 Å². The highest BCUT2D eigenvalue weighted by molar-refractivity contribution is 8.18. The number of likely N-dealkylation sites (N-methyl/N-ethyl adjacent to an activating group) is 1. The number of amidine groups is 1. The van der Waals surface area contributed by atoms with Crippen molar-refractivity contribution in [3.63, 3.8) is 0 Å². The fraction of sp³-hybridized carbons (Fsp3) is 0.190. The van der Waals surface area contributed by atoms with Gasteiger partial charge in [0.05, 0.1) is 23.3 Å². The van der Waals surface area contributed by atoms with Gasteiger partial charge in [-0.3, -0.25) is 9.69 Å². The van der Waals surface area contributed by atoms with E-state index < -0.39 is 5.97 Å². The van der Waals surface area contributed by atoms with E-state index in [9.17, 15) is 9.59 Å². The molecule has 1 aliphatic rings. The predicted molar refractivity (Wildman–Crippen MR) is 114 cm³/mol. The molecule has 0 N–H and O–H groups in total. The highest BCUT2D eigenvalue weighted by Crippen LogP contribution is 2.33. The first-order valence-electron chi connectivity index (χ1n) is 8.61. The van der Waals surface area contributed by atoms with Crippen molar-refractivity contribution in [3.8, 4) is 0 Å². The van der Waals surface area contributed by atoms with Crippen LogP contribution < -0.4 is 4.90 Å². The summed E-state index contributed by atoms with van der Waals surface area (Å²) in [6.07, 6.45) is 1.87. The van der Waals surface area contributed by atoms with Crippen molar-refractivity contribution < 1.29 is 14.3 Å². The van der Waals surface area contributed by atoms with Crippen LogP contribution in [0.4, 0.5) is 11.4 Å². The molecule has 2 aromatic carbocycles. The first-order chi connectivity index (χ1) is 13.4. The highest BCUT2D eigenvalue weighted by Gasteiger charge is 2.30. The quantitative estimate of drug-likeness (QED) is 0.582. The molecule has 0 unspecified atom stereocenters. The topological polar surface area (TPSA) is 62.2 Å². The van der Waals surface area contributed by atoms with Crippen molar-refractivity contribution >= 4 is 46.3 Å². The monoisotopic (exact) mass is 395 g/mol. The highest BCUT2D eigenvalue weighted by atomic mass is 32.2. The van der Waals surface area contributed by atoms with Crippen LogP contribution in [-0.4, -0.2) is 50.2 Å². The van der Waals surface area contributed by atoms with Crippen LogP contribution in [0.2, 0.25) is 0 Å². The normalized spacial score (nSPS) is 16.7. The van der Waals surface area contributed by atoms with Crippen LogP contribution in [0.3, 0.4) is 0 Å². The van der Waals surface area contributed by atoms with Crippen LogP contribution in [0.1, 0.15) is 15.9 Å². The molecular weight excluding hydrogens is 374 g/mol. The van der Waals surface area contributed by atoms with E-state index >= 15 is 0 Å². The summed E-state index contributed by atoms with van der Waals surface area (Å²) in [6.45, 7) is 0. The third-order valence-electron chi connectivity index (χ3n) is 4.22. The molecule has 1 amide bonds. The van der Waals surface area contributed by atoms with E-state index in [1.165, 1.54) is 23.8 Å². The van der Waals surface area contributed by atoms with E-state index in [0.29, 0.717) is 21.3 Å². The molecule has 1 aliphatic heterocycles. The molecule has 7 heteroatoms. The molecule has 144 valence electrons. The number of aliphatic imine (C=N–C) groups is 1. The van der Waals surface area contributed by atoms with Gasteiger partial charge >= 0.3 is 5.97 Å². The number of anilines is 1. The molecule has 0 bridgehead atoms. The summed E-state index contributed by atoms with van der Waals surface area (Å²) >= 11 is 1.33. The Hall–Kier alpha value is -3.06. The molecule has 1 fully saturated rings. The van der Waals surface area contributed by atoms with Gasteiger partial charge in [0.15, 0.2) is 5.17 Å². The summed E-state index contributed by atoms with van der Waals surface area (Å²) in [4.78, 5) is 32.8. The smallest absolute Gasteiger partial charge is 0.337 e. The number of carbonyl (C=O) groups is 2. The summed E-state index contributed by atoms with van der Waals surface area (Å²) in [5.41, 5.74) is 3.17. The molecule has 1 saturated heterocycles. The fourth-order valence-corrected chi connectivity index (χ4v) is 3.56. The van der Waals surface area contributed by atoms with Gasteiger partial charge in [0.1, 0.15) is 0 Å². The van der Waals surface area contributed by atoms with E-state index in [4.69, 9.17) is 0 Å². The Balaban J connectivity index is 1.80. The maximum Gasteiger partial charge on any atom is 0.337 e. The molecule has 0 atom stereocenters. The maximum absolute atomic E-state index is 12.6. The van der Waals surface area contributed by atoms with Gasteiger partial charge in [-0.05, 0) is 59.8 Å². The summed E-state index contributed by atoms with van der Waals surface area (Å²) < 4.78 is 4.69. The average molecular weight is 395 g/mol. The molecule has 1 heterocycles. The van der Waals surface area contributed by atoms with Crippen molar-refractivity contribution in [1.82, 2.24) is 4.90 Å². The van der Waals surface area contributed by atoms with E-state index in [1.807, 2.05) is 49.3 Å². The minimum Gasteiger partial charge on any atom is -0.465 e. The molecule has 3 rings (SSSR count).